The quantitative estimate of drug-likeness (QED) is 0.905. The van der Waals surface area contributed by atoms with Crippen molar-refractivity contribution in [3.05, 3.63) is 24.4 Å². The van der Waals surface area contributed by atoms with Gasteiger partial charge in [0.25, 0.3) is 0 Å². The van der Waals surface area contributed by atoms with Crippen LogP contribution in [0.3, 0.4) is 0 Å². The van der Waals surface area contributed by atoms with Crippen LogP contribution in [0.1, 0.15) is 25.7 Å². The van der Waals surface area contributed by atoms with E-state index in [-0.39, 0.29) is 6.04 Å². The first kappa shape index (κ1) is 12.8. The minimum absolute atomic E-state index is 0.276. The van der Waals surface area contributed by atoms with Gasteiger partial charge in [0.05, 0.1) is 0 Å². The van der Waals surface area contributed by atoms with Crippen molar-refractivity contribution >= 4 is 12.0 Å². The molecule has 1 aliphatic rings. The summed E-state index contributed by atoms with van der Waals surface area (Å²) >= 11 is 0. The van der Waals surface area contributed by atoms with Crippen LogP contribution in [0.2, 0.25) is 0 Å². The van der Waals surface area contributed by atoms with Gasteiger partial charge in [0.2, 0.25) is 11.8 Å². The maximum atomic E-state index is 5.49. The lowest BCUT2D eigenvalue weighted by molar-refractivity contribution is 0.478. The van der Waals surface area contributed by atoms with Gasteiger partial charge in [-0.25, -0.2) is 9.97 Å². The van der Waals surface area contributed by atoms with Gasteiger partial charge in [0.15, 0.2) is 0 Å². The SMILES string of the molecule is CCc1nnc(N[C@H]2CCCN(c3ncccn3)C2)o1. The average molecular weight is 274 g/mol. The van der Waals surface area contributed by atoms with Gasteiger partial charge >= 0.3 is 6.01 Å². The number of nitrogens with zero attached hydrogens (tertiary/aromatic N) is 5. The van der Waals surface area contributed by atoms with Gasteiger partial charge in [0.1, 0.15) is 0 Å². The molecule has 1 saturated heterocycles. The molecule has 0 bridgehead atoms. The highest BCUT2D eigenvalue weighted by Crippen LogP contribution is 2.18. The topological polar surface area (TPSA) is 80.0 Å². The van der Waals surface area contributed by atoms with E-state index in [1.165, 1.54) is 0 Å². The van der Waals surface area contributed by atoms with E-state index < -0.39 is 0 Å². The smallest absolute Gasteiger partial charge is 0.315 e. The van der Waals surface area contributed by atoms with Crippen molar-refractivity contribution in [2.24, 2.45) is 0 Å². The highest BCUT2D eigenvalue weighted by Gasteiger charge is 2.22. The van der Waals surface area contributed by atoms with Crippen LogP contribution in [0.5, 0.6) is 0 Å². The van der Waals surface area contributed by atoms with E-state index in [0.717, 1.165) is 38.3 Å². The Morgan fingerprint density at radius 3 is 2.95 bits per heavy atom. The molecule has 20 heavy (non-hydrogen) atoms. The van der Waals surface area contributed by atoms with Crippen LogP contribution in [0, 0.1) is 0 Å². The van der Waals surface area contributed by atoms with E-state index in [1.54, 1.807) is 12.4 Å². The number of hydrogen-bond donors (Lipinski definition) is 1. The Morgan fingerprint density at radius 1 is 1.35 bits per heavy atom. The molecule has 2 aromatic rings. The van der Waals surface area contributed by atoms with Crippen molar-refractivity contribution < 1.29 is 4.42 Å². The lowest BCUT2D eigenvalue weighted by Gasteiger charge is -2.32. The van der Waals surface area contributed by atoms with Crippen molar-refractivity contribution in [3.63, 3.8) is 0 Å². The Balaban J connectivity index is 1.63. The van der Waals surface area contributed by atoms with Gasteiger partial charge in [-0.15, -0.1) is 5.10 Å². The first-order chi connectivity index (χ1) is 9.85. The molecule has 0 amide bonds. The molecule has 0 aliphatic carbocycles. The normalized spacial score (nSPS) is 19.1. The molecule has 0 unspecified atom stereocenters. The van der Waals surface area contributed by atoms with Crippen LogP contribution in [0.25, 0.3) is 0 Å². The minimum Gasteiger partial charge on any atom is -0.408 e. The molecule has 7 nitrogen and oxygen atoms in total. The van der Waals surface area contributed by atoms with Crippen LogP contribution in [-0.4, -0.2) is 39.3 Å². The largest absolute Gasteiger partial charge is 0.408 e. The van der Waals surface area contributed by atoms with E-state index in [0.29, 0.717) is 11.9 Å². The molecule has 106 valence electrons. The van der Waals surface area contributed by atoms with Crippen LogP contribution < -0.4 is 10.2 Å². The number of rotatable bonds is 4. The van der Waals surface area contributed by atoms with E-state index in [1.807, 2.05) is 13.0 Å². The summed E-state index contributed by atoms with van der Waals surface area (Å²) in [5.74, 6) is 1.44. The fourth-order valence-corrected chi connectivity index (χ4v) is 2.36. The van der Waals surface area contributed by atoms with Gasteiger partial charge in [-0.2, -0.15) is 0 Å². The third-order valence-electron chi connectivity index (χ3n) is 3.35. The Bertz CT molecular complexity index is 543. The lowest BCUT2D eigenvalue weighted by Crippen LogP contribution is -2.43. The Morgan fingerprint density at radius 2 is 2.20 bits per heavy atom. The summed E-state index contributed by atoms with van der Waals surface area (Å²) in [6, 6.07) is 2.61. The highest BCUT2D eigenvalue weighted by molar-refractivity contribution is 5.32. The number of piperidine rings is 1. The number of anilines is 2. The summed E-state index contributed by atoms with van der Waals surface area (Å²) in [6.45, 7) is 3.81. The third-order valence-corrected chi connectivity index (χ3v) is 3.35. The third kappa shape index (κ3) is 2.87. The standard InChI is InChI=1S/C13H18N6O/c1-2-11-17-18-13(20-11)16-10-5-3-8-19(9-10)12-14-6-4-7-15-12/h4,6-7,10H,2-3,5,8-9H2,1H3,(H,16,18)/t10-/m0/s1. The van der Waals surface area contributed by atoms with Crippen LogP contribution >= 0.6 is 0 Å². The van der Waals surface area contributed by atoms with Gasteiger partial charge < -0.3 is 14.6 Å². The first-order valence-electron chi connectivity index (χ1n) is 6.96. The molecule has 1 N–H and O–H groups in total. The van der Waals surface area contributed by atoms with Crippen molar-refractivity contribution in [2.75, 3.05) is 23.3 Å². The maximum Gasteiger partial charge on any atom is 0.315 e. The molecule has 7 heteroatoms. The van der Waals surface area contributed by atoms with Crippen molar-refractivity contribution in [1.82, 2.24) is 20.2 Å². The van der Waals surface area contributed by atoms with Gasteiger partial charge in [-0.3, -0.25) is 0 Å². The Hall–Kier alpha value is -2.18. The highest BCUT2D eigenvalue weighted by atomic mass is 16.4. The Kier molecular flexibility index (Phi) is 3.76. The van der Waals surface area contributed by atoms with E-state index in [2.05, 4.69) is 30.4 Å². The zero-order chi connectivity index (χ0) is 13.8. The predicted octanol–water partition coefficient (Wildman–Crippen LogP) is 1.50. The summed E-state index contributed by atoms with van der Waals surface area (Å²) in [5.41, 5.74) is 0. The molecule has 1 aliphatic heterocycles. The first-order valence-corrected chi connectivity index (χ1v) is 6.96. The summed E-state index contributed by atoms with van der Waals surface area (Å²) in [6.07, 6.45) is 6.46. The maximum absolute atomic E-state index is 5.49. The summed E-state index contributed by atoms with van der Waals surface area (Å²) in [4.78, 5) is 10.8. The summed E-state index contributed by atoms with van der Waals surface area (Å²) in [5, 5.41) is 11.3. The van der Waals surface area contributed by atoms with Gasteiger partial charge in [-0.1, -0.05) is 12.0 Å². The second-order valence-electron chi connectivity index (χ2n) is 4.83. The van der Waals surface area contributed by atoms with E-state index in [9.17, 15) is 0 Å². The molecule has 1 fully saturated rings. The van der Waals surface area contributed by atoms with Crippen molar-refractivity contribution in [1.29, 1.82) is 0 Å². The second-order valence-corrected chi connectivity index (χ2v) is 4.83. The lowest BCUT2D eigenvalue weighted by atomic mass is 10.1. The van der Waals surface area contributed by atoms with E-state index in [4.69, 9.17) is 4.42 Å². The molecule has 3 heterocycles. The number of hydrogen-bond acceptors (Lipinski definition) is 7. The monoisotopic (exact) mass is 274 g/mol. The van der Waals surface area contributed by atoms with Gasteiger partial charge in [-0.05, 0) is 18.9 Å². The zero-order valence-electron chi connectivity index (χ0n) is 11.5. The van der Waals surface area contributed by atoms with Gasteiger partial charge in [0, 0.05) is 37.9 Å². The van der Waals surface area contributed by atoms with Crippen molar-refractivity contribution in [3.8, 4) is 0 Å². The molecule has 0 saturated carbocycles. The molecule has 0 radical (unpaired) electrons. The van der Waals surface area contributed by atoms with E-state index >= 15 is 0 Å². The Labute approximate surface area is 117 Å². The second kappa shape index (κ2) is 5.85. The molecule has 1 atom stereocenters. The molecule has 3 rings (SSSR count). The molecular formula is C13H18N6O. The van der Waals surface area contributed by atoms with Crippen LogP contribution in [0.4, 0.5) is 12.0 Å². The van der Waals surface area contributed by atoms with Crippen LogP contribution in [-0.2, 0) is 6.42 Å². The zero-order valence-corrected chi connectivity index (χ0v) is 11.5. The van der Waals surface area contributed by atoms with Crippen molar-refractivity contribution in [2.45, 2.75) is 32.2 Å². The molecule has 2 aromatic heterocycles. The number of aromatic nitrogens is 4. The van der Waals surface area contributed by atoms with Crippen LogP contribution in [0.15, 0.2) is 22.9 Å². The fourth-order valence-electron chi connectivity index (χ4n) is 2.36. The fraction of sp³-hybridized carbons (Fsp3) is 0.538. The summed E-state index contributed by atoms with van der Waals surface area (Å²) < 4.78 is 5.49. The summed E-state index contributed by atoms with van der Waals surface area (Å²) in [7, 11) is 0. The minimum atomic E-state index is 0.276. The number of nitrogens with one attached hydrogen (secondary N) is 1. The average Bonchev–Trinajstić information content (AvgIpc) is 2.96. The molecular weight excluding hydrogens is 256 g/mol. The predicted molar refractivity (Wildman–Crippen MR) is 74.6 cm³/mol. The number of aryl methyl sites for hydroxylation is 1. The molecule has 0 spiro atoms. The molecule has 0 aromatic carbocycles.